The number of nitrogens with one attached hydrogen (secondary N) is 1. The number of alkyl carbamates (subject to hydrolysis) is 1. The first-order chi connectivity index (χ1) is 26.3. The average Bonchev–Trinajstić information content (AvgIpc) is 3.41. The summed E-state index contributed by atoms with van der Waals surface area (Å²) in [7, 11) is 5.13. The fourth-order valence-corrected chi connectivity index (χ4v) is 8.67. The van der Waals surface area contributed by atoms with Crippen LogP contribution in [0.3, 0.4) is 0 Å². The fourth-order valence-electron chi connectivity index (χ4n) is 8.67. The number of aliphatic hydroxyl groups is 2. The Hall–Kier alpha value is -3.79. The molecule has 3 aliphatic heterocycles. The van der Waals surface area contributed by atoms with Gasteiger partial charge in [0.1, 0.15) is 23.9 Å². The van der Waals surface area contributed by atoms with Gasteiger partial charge in [-0.1, -0.05) is 51.1 Å². The Bertz CT molecular complexity index is 1800. The van der Waals surface area contributed by atoms with Gasteiger partial charge in [-0.15, -0.1) is 0 Å². The minimum atomic E-state index is -2.33. The van der Waals surface area contributed by atoms with Crippen LogP contribution in [-0.2, 0) is 38.1 Å². The van der Waals surface area contributed by atoms with E-state index in [0.717, 1.165) is 16.5 Å². The summed E-state index contributed by atoms with van der Waals surface area (Å²) < 4.78 is 30.6. The Labute approximate surface area is 329 Å². The molecule has 13 atom stereocenters. The van der Waals surface area contributed by atoms with Crippen LogP contribution in [0.5, 0.6) is 0 Å². The second kappa shape index (κ2) is 17.0. The number of pyridine rings is 1. The Morgan fingerprint density at radius 1 is 1.05 bits per heavy atom. The Kier molecular flexibility index (Phi) is 13.1. The molecule has 4 heterocycles. The number of benzene rings is 1. The first-order valence-electron chi connectivity index (χ1n) is 19.5. The number of carbonyl (C=O) groups excluding carboxylic acids is 4. The molecule has 3 aliphatic rings. The number of Topliss-reactive ketones (excluding diaryl/α,β-unsaturated/α-hetero) is 2. The second-order valence-corrected chi connectivity index (χ2v) is 16.5. The van der Waals surface area contributed by atoms with E-state index in [9.17, 15) is 29.4 Å². The minimum absolute atomic E-state index is 0.00269. The molecule has 1 amide bonds. The number of allylic oxidation sites excluding steroid dienone is 1. The third-order valence-electron chi connectivity index (χ3n) is 12.3. The van der Waals surface area contributed by atoms with Crippen LogP contribution in [0.4, 0.5) is 4.79 Å². The average molecular weight is 782 g/mol. The smallest absolute Gasteiger partial charge is 0.410 e. The van der Waals surface area contributed by atoms with E-state index in [1.807, 2.05) is 68.4 Å². The second-order valence-electron chi connectivity index (χ2n) is 16.5. The quantitative estimate of drug-likeness (QED) is 0.253. The van der Waals surface area contributed by atoms with Crippen molar-refractivity contribution in [3.8, 4) is 0 Å². The summed E-state index contributed by atoms with van der Waals surface area (Å²) in [4.78, 5) is 62.2. The number of aromatic nitrogens is 1. The lowest BCUT2D eigenvalue weighted by atomic mass is 9.71. The van der Waals surface area contributed by atoms with Gasteiger partial charge in [-0.05, 0) is 85.2 Å². The molecule has 14 nitrogen and oxygen atoms in total. The first-order valence-corrected chi connectivity index (χ1v) is 19.5. The molecule has 0 bridgehead atoms. The number of likely N-dealkylation sites (N-methyl/N-ethyl adjacent to an activating group) is 1. The molecule has 1 aromatic carbocycles. The molecule has 3 N–H and O–H groups in total. The summed E-state index contributed by atoms with van der Waals surface area (Å²) in [5.74, 6) is -6.35. The van der Waals surface area contributed by atoms with Gasteiger partial charge in [0.2, 0.25) is 0 Å². The molecule has 0 spiro atoms. The Balaban J connectivity index is 1.51. The zero-order chi connectivity index (χ0) is 41.3. The zero-order valence-corrected chi connectivity index (χ0v) is 34.2. The highest BCUT2D eigenvalue weighted by Crippen LogP contribution is 2.44. The third kappa shape index (κ3) is 8.41. The maximum Gasteiger partial charge on any atom is 0.410 e. The highest BCUT2D eigenvalue weighted by atomic mass is 16.7. The predicted octanol–water partition coefficient (Wildman–Crippen LogP) is 4.43. The Morgan fingerprint density at radius 3 is 2.43 bits per heavy atom. The standard InChI is InChI=1S/C42H59N3O11/c1-23-21-40(6,52-10)36(55-38-35(48)31(45(8)9)19-24(2)53-38)25(3)34(47)26(4)37(49)54-32(41(7)42(51,27(5)33(23)46)44-39(50)56-41)18-14-11-15-28-20-29-16-12-13-17-30(29)43-22-28/h11-13,15-17,20,22-27,31-32,35-36,38,48,51H,14,18-19,21H2,1-10H3,(H,44,50)/t23-,24?,25+,26-,27+,31?,32-,35?,36-,38?,40-,41-,42+/m1/s1. The molecule has 3 saturated heterocycles. The van der Waals surface area contributed by atoms with E-state index in [-0.39, 0.29) is 25.0 Å². The predicted molar refractivity (Wildman–Crippen MR) is 207 cm³/mol. The number of ketones is 2. The van der Waals surface area contributed by atoms with Crippen molar-refractivity contribution >= 4 is 40.6 Å². The summed E-state index contributed by atoms with van der Waals surface area (Å²) in [5, 5.41) is 27.2. The third-order valence-corrected chi connectivity index (χ3v) is 12.3. The van der Waals surface area contributed by atoms with Gasteiger partial charge in [0.25, 0.3) is 0 Å². The summed E-state index contributed by atoms with van der Waals surface area (Å²) in [6, 6.07) is 9.39. The van der Waals surface area contributed by atoms with E-state index in [4.69, 9.17) is 23.7 Å². The van der Waals surface area contributed by atoms with Crippen LogP contribution in [0.1, 0.15) is 79.7 Å². The van der Waals surface area contributed by atoms with Gasteiger partial charge in [0.15, 0.2) is 23.4 Å². The summed E-state index contributed by atoms with van der Waals surface area (Å²) >= 11 is 0. The van der Waals surface area contributed by atoms with Crippen molar-refractivity contribution in [1.82, 2.24) is 15.2 Å². The number of cyclic esters (lactones) is 1. The van der Waals surface area contributed by atoms with Gasteiger partial charge >= 0.3 is 12.1 Å². The number of hydrogen-bond acceptors (Lipinski definition) is 13. The van der Waals surface area contributed by atoms with Crippen LogP contribution in [0.25, 0.3) is 17.0 Å². The summed E-state index contributed by atoms with van der Waals surface area (Å²) in [5.41, 5.74) is -3.94. The number of ether oxygens (including phenoxy) is 5. The number of fused-ring (bicyclic) bond motifs is 2. The van der Waals surface area contributed by atoms with Crippen LogP contribution in [0, 0.1) is 23.7 Å². The van der Waals surface area contributed by atoms with Gasteiger partial charge in [-0.2, -0.15) is 0 Å². The maximum atomic E-state index is 14.4. The van der Waals surface area contributed by atoms with Crippen molar-refractivity contribution in [2.75, 3.05) is 21.2 Å². The molecule has 2 aromatic rings. The van der Waals surface area contributed by atoms with Crippen LogP contribution in [-0.4, -0.2) is 119 Å². The molecule has 308 valence electrons. The molecule has 4 unspecified atom stereocenters. The number of methoxy groups -OCH3 is 1. The van der Waals surface area contributed by atoms with E-state index in [0.29, 0.717) is 12.8 Å². The van der Waals surface area contributed by atoms with Crippen molar-refractivity contribution in [2.24, 2.45) is 23.7 Å². The molecular weight excluding hydrogens is 722 g/mol. The van der Waals surface area contributed by atoms with Gasteiger partial charge < -0.3 is 38.8 Å². The maximum absolute atomic E-state index is 14.4. The molecular formula is C42H59N3O11. The number of carbonyl (C=O) groups is 4. The van der Waals surface area contributed by atoms with Crippen molar-refractivity contribution in [3.05, 3.63) is 48.2 Å². The van der Waals surface area contributed by atoms with Crippen LogP contribution < -0.4 is 5.32 Å². The molecule has 0 radical (unpaired) electrons. The van der Waals surface area contributed by atoms with Gasteiger partial charge in [-0.3, -0.25) is 24.7 Å². The fraction of sp³-hybridized carbons (Fsp3) is 0.643. The van der Waals surface area contributed by atoms with E-state index in [2.05, 4.69) is 10.3 Å². The SMILES string of the molecule is CO[C@]1(C)C[C@@H](C)C(=O)[C@H](C)[C@@]2(O)NC(=O)O[C@]2(C)[C@@H](CCC=Cc2cnc3ccccc3c2)OC(=O)[C@H](C)C(=O)[C@H](C)[C@H]1OC1OC(C)CC(N(C)C)C1O. The first kappa shape index (κ1) is 43.3. The Morgan fingerprint density at radius 2 is 1.75 bits per heavy atom. The minimum Gasteiger partial charge on any atom is -0.457 e. The number of hydrogen-bond donors (Lipinski definition) is 3. The zero-order valence-electron chi connectivity index (χ0n) is 34.2. The molecule has 0 aliphatic carbocycles. The normalized spacial score (nSPS) is 38.9. The highest BCUT2D eigenvalue weighted by molar-refractivity contribution is 6.00. The monoisotopic (exact) mass is 781 g/mol. The van der Waals surface area contributed by atoms with E-state index in [1.54, 1.807) is 27.0 Å². The van der Waals surface area contributed by atoms with E-state index >= 15 is 0 Å². The van der Waals surface area contributed by atoms with Crippen LogP contribution >= 0.6 is 0 Å². The van der Waals surface area contributed by atoms with Gasteiger partial charge in [0, 0.05) is 36.6 Å². The van der Waals surface area contributed by atoms with Gasteiger partial charge in [-0.25, -0.2) is 4.79 Å². The number of para-hydroxylation sites is 1. The largest absolute Gasteiger partial charge is 0.457 e. The van der Waals surface area contributed by atoms with E-state index in [1.165, 1.54) is 27.9 Å². The number of aliphatic hydroxyl groups excluding tert-OH is 1. The van der Waals surface area contributed by atoms with Crippen molar-refractivity contribution in [2.45, 2.75) is 128 Å². The van der Waals surface area contributed by atoms with Crippen molar-refractivity contribution in [1.29, 1.82) is 0 Å². The number of esters is 1. The highest BCUT2D eigenvalue weighted by Gasteiger charge is 2.66. The molecule has 56 heavy (non-hydrogen) atoms. The molecule has 1 aromatic heterocycles. The summed E-state index contributed by atoms with van der Waals surface area (Å²) in [6.45, 7) is 11.2. The molecule has 14 heteroatoms. The van der Waals surface area contributed by atoms with E-state index < -0.39 is 88.8 Å². The topological polar surface area (TPSA) is 183 Å². The van der Waals surface area contributed by atoms with Crippen LogP contribution in [0.2, 0.25) is 0 Å². The summed E-state index contributed by atoms with van der Waals surface area (Å²) in [6.07, 6.45) is 0.379. The molecule has 3 fully saturated rings. The molecule has 5 rings (SSSR count). The van der Waals surface area contributed by atoms with Crippen LogP contribution in [0.15, 0.2) is 42.6 Å². The number of amides is 1. The lowest BCUT2D eigenvalue weighted by Gasteiger charge is -2.47. The van der Waals surface area contributed by atoms with Crippen molar-refractivity contribution < 1.29 is 53.1 Å². The van der Waals surface area contributed by atoms with Crippen molar-refractivity contribution in [3.63, 3.8) is 0 Å². The number of nitrogens with zero attached hydrogens (tertiary/aromatic N) is 2. The number of rotatable bonds is 8. The van der Waals surface area contributed by atoms with Gasteiger partial charge in [0.05, 0.1) is 29.2 Å². The lowest BCUT2D eigenvalue weighted by molar-refractivity contribution is -0.295. The molecule has 0 saturated carbocycles. The lowest BCUT2D eigenvalue weighted by Crippen LogP contribution is -2.67.